The lowest BCUT2D eigenvalue weighted by molar-refractivity contribution is 0.645. The summed E-state index contributed by atoms with van der Waals surface area (Å²) in [6, 6.07) is 67.4. The first-order chi connectivity index (χ1) is 27.3. The molecule has 3 heterocycles. The topological polar surface area (TPSA) is 35.4 Å². The summed E-state index contributed by atoms with van der Waals surface area (Å²) in [4.78, 5) is 5.24. The fourth-order valence-electron chi connectivity index (χ4n) is 8.75. The zero-order chi connectivity index (χ0) is 36.0. The third-order valence-electron chi connectivity index (χ3n) is 11.3. The Hall–Kier alpha value is -7.43. The molecule has 0 aliphatic rings. The van der Waals surface area contributed by atoms with Gasteiger partial charge in [-0.3, -0.25) is 4.40 Å². The van der Waals surface area contributed by atoms with Crippen LogP contribution in [0.5, 0.6) is 0 Å². The van der Waals surface area contributed by atoms with Crippen molar-refractivity contribution in [3.05, 3.63) is 188 Å². The van der Waals surface area contributed by atoms with Crippen LogP contribution < -0.4 is 0 Å². The number of fused-ring (bicyclic) bond motifs is 13. The van der Waals surface area contributed by atoms with Crippen LogP contribution >= 0.6 is 0 Å². The van der Waals surface area contributed by atoms with E-state index in [1.165, 1.54) is 54.6 Å². The molecule has 55 heavy (non-hydrogen) atoms. The van der Waals surface area contributed by atoms with Gasteiger partial charge in [-0.15, -0.1) is 0 Å². The van der Waals surface area contributed by atoms with E-state index in [1.807, 2.05) is 18.2 Å². The number of aromatic nitrogens is 3. The highest BCUT2D eigenvalue weighted by Gasteiger charge is 2.23. The molecule has 0 fully saturated rings. The molecule has 12 rings (SSSR count). The lowest BCUT2D eigenvalue weighted by Gasteiger charge is -2.13. The molecule has 4 nitrogen and oxygen atoms in total. The van der Waals surface area contributed by atoms with Gasteiger partial charge in [0, 0.05) is 5.39 Å². The maximum absolute atomic E-state index is 6.47. The minimum absolute atomic E-state index is 0.793. The number of furan rings is 1. The molecular weight excluding hydrogens is 671 g/mol. The molecule has 0 amide bonds. The fraction of sp³-hybridized carbons (Fsp3) is 0. The second kappa shape index (κ2) is 11.5. The van der Waals surface area contributed by atoms with Crippen molar-refractivity contribution in [2.75, 3.05) is 0 Å². The third kappa shape index (κ3) is 4.49. The maximum atomic E-state index is 6.47. The first-order valence-corrected chi connectivity index (χ1v) is 18.7. The van der Waals surface area contributed by atoms with Crippen molar-refractivity contribution >= 4 is 71.3 Å². The quantitative estimate of drug-likeness (QED) is 0.171. The molecule has 0 atom stereocenters. The lowest BCUT2D eigenvalue weighted by atomic mass is 9.91. The zero-order valence-corrected chi connectivity index (χ0v) is 29.6. The summed E-state index contributed by atoms with van der Waals surface area (Å²) in [5.74, 6) is 0.832. The highest BCUT2D eigenvalue weighted by Crippen LogP contribution is 2.39. The van der Waals surface area contributed by atoms with Gasteiger partial charge in [0.25, 0.3) is 0 Å². The Morgan fingerprint density at radius 1 is 0.382 bits per heavy atom. The van der Waals surface area contributed by atoms with E-state index in [-0.39, 0.29) is 0 Å². The van der Waals surface area contributed by atoms with Crippen LogP contribution in [-0.4, -0.2) is 14.0 Å². The van der Waals surface area contributed by atoms with Crippen LogP contribution in [0.2, 0.25) is 0 Å². The van der Waals surface area contributed by atoms with Crippen LogP contribution in [-0.2, 0) is 0 Å². The molecule has 0 aliphatic heterocycles. The molecule has 0 saturated carbocycles. The van der Waals surface area contributed by atoms with E-state index in [9.17, 15) is 0 Å². The minimum Gasteiger partial charge on any atom is -0.437 e. The predicted octanol–water partition coefficient (Wildman–Crippen LogP) is 13.6. The molecule has 3 aromatic heterocycles. The second-order valence-corrected chi connectivity index (χ2v) is 14.4. The summed E-state index contributed by atoms with van der Waals surface area (Å²) in [5, 5.41) is 8.80. The molecule has 0 unspecified atom stereocenters. The predicted molar refractivity (Wildman–Crippen MR) is 228 cm³/mol. The molecular formula is C51H31N3O. The van der Waals surface area contributed by atoms with Crippen LogP contribution in [0.15, 0.2) is 192 Å². The van der Waals surface area contributed by atoms with E-state index in [0.717, 1.165) is 55.8 Å². The first kappa shape index (κ1) is 30.1. The Labute approximate surface area is 315 Å². The van der Waals surface area contributed by atoms with E-state index in [0.29, 0.717) is 0 Å². The maximum Gasteiger partial charge on any atom is 0.232 e. The summed E-state index contributed by atoms with van der Waals surface area (Å²) in [6.07, 6.45) is 0. The van der Waals surface area contributed by atoms with Gasteiger partial charge in [-0.25, -0.2) is 9.55 Å². The largest absolute Gasteiger partial charge is 0.437 e. The molecule has 4 heteroatoms. The zero-order valence-electron chi connectivity index (χ0n) is 29.6. The highest BCUT2D eigenvalue weighted by molar-refractivity contribution is 6.25. The van der Waals surface area contributed by atoms with Gasteiger partial charge >= 0.3 is 0 Å². The average molecular weight is 702 g/mol. The van der Waals surface area contributed by atoms with Crippen molar-refractivity contribution in [2.24, 2.45) is 0 Å². The van der Waals surface area contributed by atoms with Crippen molar-refractivity contribution in [2.45, 2.75) is 0 Å². The fourth-order valence-corrected chi connectivity index (χ4v) is 8.75. The van der Waals surface area contributed by atoms with E-state index in [1.54, 1.807) is 0 Å². The Morgan fingerprint density at radius 2 is 0.891 bits per heavy atom. The summed E-state index contributed by atoms with van der Waals surface area (Å²) in [7, 11) is 0. The number of hydrogen-bond donors (Lipinski definition) is 0. The molecule has 9 aromatic carbocycles. The highest BCUT2D eigenvalue weighted by atomic mass is 16.3. The van der Waals surface area contributed by atoms with Crippen molar-refractivity contribution in [1.82, 2.24) is 14.0 Å². The average Bonchev–Trinajstić information content (AvgIpc) is 3.91. The van der Waals surface area contributed by atoms with Crippen molar-refractivity contribution < 1.29 is 4.42 Å². The Balaban J connectivity index is 0.961. The summed E-state index contributed by atoms with van der Waals surface area (Å²) < 4.78 is 10.8. The normalized spacial score (nSPS) is 12.0. The van der Waals surface area contributed by atoms with Gasteiger partial charge in [-0.05, 0) is 120 Å². The number of hydrogen-bond acceptors (Lipinski definition) is 2. The van der Waals surface area contributed by atoms with Gasteiger partial charge in [0.2, 0.25) is 11.5 Å². The Bertz CT molecular complexity index is 3460. The molecule has 0 aliphatic carbocycles. The van der Waals surface area contributed by atoms with Gasteiger partial charge < -0.3 is 4.42 Å². The van der Waals surface area contributed by atoms with E-state index < -0.39 is 0 Å². The lowest BCUT2D eigenvalue weighted by Crippen LogP contribution is -1.94. The monoisotopic (exact) mass is 701 g/mol. The van der Waals surface area contributed by atoms with E-state index >= 15 is 0 Å². The molecule has 0 saturated heterocycles. The number of benzene rings is 9. The minimum atomic E-state index is 0.793. The van der Waals surface area contributed by atoms with E-state index in [4.69, 9.17) is 9.40 Å². The van der Waals surface area contributed by atoms with Crippen molar-refractivity contribution in [3.8, 4) is 39.1 Å². The van der Waals surface area contributed by atoms with Crippen LogP contribution in [0, 0.1) is 0 Å². The number of para-hydroxylation sites is 2. The van der Waals surface area contributed by atoms with Gasteiger partial charge in [0.05, 0.1) is 16.7 Å². The van der Waals surface area contributed by atoms with Gasteiger partial charge in [0.15, 0.2) is 0 Å². The Kier molecular flexibility index (Phi) is 6.31. The Morgan fingerprint density at radius 3 is 1.55 bits per heavy atom. The molecule has 0 radical (unpaired) electrons. The molecule has 0 N–H and O–H groups in total. The van der Waals surface area contributed by atoms with Gasteiger partial charge in [-0.1, -0.05) is 133 Å². The van der Waals surface area contributed by atoms with Crippen molar-refractivity contribution in [1.29, 1.82) is 0 Å². The van der Waals surface area contributed by atoms with Gasteiger partial charge in [-0.2, -0.15) is 0 Å². The molecule has 256 valence electrons. The van der Waals surface area contributed by atoms with Gasteiger partial charge in [0.1, 0.15) is 11.1 Å². The van der Waals surface area contributed by atoms with Crippen LogP contribution in [0.25, 0.3) is 110 Å². The van der Waals surface area contributed by atoms with Crippen LogP contribution in [0.4, 0.5) is 0 Å². The SMILES string of the molecule is c1ccc(-n2c3oc4ccccc4c3n3c4ccc(-c5cccc(-c6cccc(-c7ccc8c9ccccc9c9ccccc9c8c7)c6)c5)cc4nc23)cc1. The number of rotatable bonds is 4. The molecule has 0 spiro atoms. The first-order valence-electron chi connectivity index (χ1n) is 18.7. The smallest absolute Gasteiger partial charge is 0.232 e. The van der Waals surface area contributed by atoms with Crippen molar-refractivity contribution in [3.63, 3.8) is 0 Å². The standard InChI is InChI=1S/C51H31N3O/c1-2-16-38(17-3-1)53-50-49(44-22-8-9-23-48(44)55-50)54-47-27-25-37(31-46(47)52-51(53)54)35-15-11-13-33(29-35)32-12-10-14-34(28-32)36-24-26-43-41-20-5-4-18-39(41)40-19-6-7-21-42(40)45(43)30-36/h1-31H. The van der Waals surface area contributed by atoms with Crippen LogP contribution in [0.1, 0.15) is 0 Å². The van der Waals surface area contributed by atoms with E-state index in [2.05, 4.69) is 179 Å². The van der Waals surface area contributed by atoms with Crippen LogP contribution in [0.3, 0.4) is 0 Å². The summed E-state index contributed by atoms with van der Waals surface area (Å²) >= 11 is 0. The number of nitrogens with zero attached hydrogens (tertiary/aromatic N) is 3. The summed E-state index contributed by atoms with van der Waals surface area (Å²) in [6.45, 7) is 0. The molecule has 12 aromatic rings. The molecule has 0 bridgehead atoms. The third-order valence-corrected chi connectivity index (χ3v) is 11.3. The number of imidazole rings is 2. The second-order valence-electron chi connectivity index (χ2n) is 14.4. The summed E-state index contributed by atoms with van der Waals surface area (Å²) in [5.41, 5.74) is 12.7.